The molecule has 5 rings (SSSR count). The number of amides is 1. The maximum Gasteiger partial charge on any atom is 0.306 e. The standard InChI is InChI=1S/C28H25F2N3O2/c1-31-26-16-28(29,30)17-33(26)27(35)11-10-25(34)22-12-13-32-24-9-8-21(15-23(22)24)20-7-6-18-4-2-3-5-19(18)14-20/h6-9,12-15,26H,2-5,10-11,16-17H2/t26-/m0/s1. The van der Waals surface area contributed by atoms with Crippen LogP contribution < -0.4 is 0 Å². The first-order valence-electron chi connectivity index (χ1n) is 11.9. The van der Waals surface area contributed by atoms with Gasteiger partial charge in [0.05, 0.1) is 12.1 Å². The van der Waals surface area contributed by atoms with E-state index in [0.29, 0.717) is 16.5 Å². The predicted molar refractivity (Wildman–Crippen MR) is 129 cm³/mol. The van der Waals surface area contributed by atoms with Crippen LogP contribution in [0, 0.1) is 6.57 Å². The van der Waals surface area contributed by atoms with Gasteiger partial charge >= 0.3 is 6.17 Å². The third kappa shape index (κ3) is 4.66. The quantitative estimate of drug-likeness (QED) is 0.345. The van der Waals surface area contributed by atoms with Gasteiger partial charge in [-0.25, -0.2) is 15.4 Å². The van der Waals surface area contributed by atoms with Crippen LogP contribution in [-0.2, 0) is 17.6 Å². The molecule has 2 heterocycles. The summed E-state index contributed by atoms with van der Waals surface area (Å²) in [6.45, 7) is 6.34. The normalized spacial score (nSPS) is 18.8. The lowest BCUT2D eigenvalue weighted by atomic mass is 9.88. The number of nitrogens with zero attached hydrogens (tertiary/aromatic N) is 3. The Labute approximate surface area is 202 Å². The zero-order chi connectivity index (χ0) is 24.6. The molecule has 1 amide bonds. The Morgan fingerprint density at radius 2 is 1.77 bits per heavy atom. The Bertz CT molecular complexity index is 1360. The molecule has 3 aromatic rings. The lowest BCUT2D eigenvalue weighted by Crippen LogP contribution is -2.35. The summed E-state index contributed by atoms with van der Waals surface area (Å²) in [7, 11) is 0. The molecule has 1 saturated heterocycles. The number of rotatable bonds is 5. The summed E-state index contributed by atoms with van der Waals surface area (Å²) < 4.78 is 27.4. The van der Waals surface area contributed by atoms with E-state index in [2.05, 4.69) is 28.0 Å². The molecule has 1 atom stereocenters. The van der Waals surface area contributed by atoms with E-state index in [1.54, 1.807) is 12.3 Å². The van der Waals surface area contributed by atoms with Gasteiger partial charge in [-0.15, -0.1) is 0 Å². The van der Waals surface area contributed by atoms with Crippen molar-refractivity contribution in [3.05, 3.63) is 76.8 Å². The average molecular weight is 474 g/mol. The summed E-state index contributed by atoms with van der Waals surface area (Å²) in [5.74, 6) is -3.91. The number of pyridine rings is 1. The SMILES string of the molecule is [C-]#[N+][C@@H]1CC(F)(F)CN1C(=O)CCC(=O)c1ccnc2ccc(-c3ccc4c(c3)CCCC4)cc12. The van der Waals surface area contributed by atoms with Crippen molar-refractivity contribution in [2.24, 2.45) is 0 Å². The minimum absolute atomic E-state index is 0.117. The largest absolute Gasteiger partial charge is 0.306 e. The molecule has 2 aromatic carbocycles. The first kappa shape index (κ1) is 23.1. The van der Waals surface area contributed by atoms with Gasteiger partial charge in [-0.1, -0.05) is 24.3 Å². The molecule has 0 spiro atoms. The monoisotopic (exact) mass is 473 g/mol. The number of alkyl halides is 2. The van der Waals surface area contributed by atoms with Gasteiger partial charge in [0.2, 0.25) is 5.91 Å². The fourth-order valence-electron chi connectivity index (χ4n) is 5.15. The van der Waals surface area contributed by atoms with Gasteiger partial charge in [0, 0.05) is 30.0 Å². The van der Waals surface area contributed by atoms with E-state index < -0.39 is 31.0 Å². The number of carbonyl (C=O) groups is 2. The third-order valence-corrected chi connectivity index (χ3v) is 7.00. The van der Waals surface area contributed by atoms with Crippen LogP contribution in [0.2, 0.25) is 0 Å². The molecule has 5 nitrogen and oxygen atoms in total. The Morgan fingerprint density at radius 1 is 1.03 bits per heavy atom. The summed E-state index contributed by atoms with van der Waals surface area (Å²) in [5, 5.41) is 0.701. The fraction of sp³-hybridized carbons (Fsp3) is 0.357. The summed E-state index contributed by atoms with van der Waals surface area (Å²) in [6, 6.07) is 14.0. The number of aromatic nitrogens is 1. The number of aryl methyl sites for hydroxylation is 2. The molecule has 1 aromatic heterocycles. The minimum atomic E-state index is -3.07. The maximum absolute atomic E-state index is 13.7. The molecule has 1 aliphatic carbocycles. The van der Waals surface area contributed by atoms with Crippen molar-refractivity contribution >= 4 is 22.6 Å². The number of hydrogen-bond acceptors (Lipinski definition) is 3. The van der Waals surface area contributed by atoms with Gasteiger partial charge < -0.3 is 0 Å². The van der Waals surface area contributed by atoms with Crippen molar-refractivity contribution in [2.45, 2.75) is 57.0 Å². The molecule has 0 bridgehead atoms. The minimum Gasteiger partial charge on any atom is -0.294 e. The van der Waals surface area contributed by atoms with E-state index in [9.17, 15) is 18.4 Å². The van der Waals surface area contributed by atoms with Crippen LogP contribution in [0.5, 0.6) is 0 Å². The van der Waals surface area contributed by atoms with Gasteiger partial charge in [0.25, 0.3) is 5.92 Å². The molecule has 0 saturated carbocycles. The molecular formula is C28H25F2N3O2. The lowest BCUT2D eigenvalue weighted by Gasteiger charge is -2.17. The number of benzene rings is 2. The highest BCUT2D eigenvalue weighted by Gasteiger charge is 2.50. The maximum atomic E-state index is 13.7. The zero-order valence-corrected chi connectivity index (χ0v) is 19.3. The number of hydrogen-bond donors (Lipinski definition) is 0. The van der Waals surface area contributed by atoms with E-state index >= 15 is 0 Å². The molecule has 7 heteroatoms. The van der Waals surface area contributed by atoms with E-state index in [1.165, 1.54) is 24.0 Å². The van der Waals surface area contributed by atoms with Crippen LogP contribution in [0.4, 0.5) is 8.78 Å². The third-order valence-electron chi connectivity index (χ3n) is 7.00. The molecule has 0 N–H and O–H groups in total. The molecule has 35 heavy (non-hydrogen) atoms. The van der Waals surface area contributed by atoms with Crippen molar-refractivity contribution in [3.8, 4) is 11.1 Å². The van der Waals surface area contributed by atoms with Gasteiger partial charge in [0.1, 0.15) is 6.42 Å². The molecule has 0 unspecified atom stereocenters. The predicted octanol–water partition coefficient (Wildman–Crippen LogP) is 5.86. The van der Waals surface area contributed by atoms with Crippen LogP contribution >= 0.6 is 0 Å². The number of ketones is 1. The highest BCUT2D eigenvalue weighted by Crippen LogP contribution is 2.34. The molecule has 1 aliphatic heterocycles. The summed E-state index contributed by atoms with van der Waals surface area (Å²) in [6.07, 6.45) is 4.01. The van der Waals surface area contributed by atoms with E-state index in [-0.39, 0.29) is 18.6 Å². The Balaban J connectivity index is 1.37. The second-order valence-electron chi connectivity index (χ2n) is 9.40. The van der Waals surface area contributed by atoms with Crippen LogP contribution in [0.3, 0.4) is 0 Å². The van der Waals surface area contributed by atoms with Gasteiger partial charge in [-0.05, 0) is 66.1 Å². The van der Waals surface area contributed by atoms with E-state index in [1.807, 2.05) is 18.2 Å². The number of Topliss-reactive ketones (excluding diaryl/α,β-unsaturated/α-hetero) is 1. The first-order chi connectivity index (χ1) is 16.8. The van der Waals surface area contributed by atoms with Crippen molar-refractivity contribution < 1.29 is 18.4 Å². The molecule has 178 valence electrons. The van der Waals surface area contributed by atoms with E-state index in [0.717, 1.165) is 28.9 Å². The van der Waals surface area contributed by atoms with E-state index in [4.69, 9.17) is 6.57 Å². The van der Waals surface area contributed by atoms with Crippen LogP contribution in [0.1, 0.15) is 53.6 Å². The molecule has 0 radical (unpaired) electrons. The van der Waals surface area contributed by atoms with Gasteiger partial charge in [-0.3, -0.25) is 24.3 Å². The van der Waals surface area contributed by atoms with Gasteiger partial charge in [0.15, 0.2) is 5.78 Å². The number of likely N-dealkylation sites (tertiary alicyclic amines) is 1. The fourth-order valence-corrected chi connectivity index (χ4v) is 5.15. The highest BCUT2D eigenvalue weighted by molar-refractivity contribution is 6.08. The second kappa shape index (κ2) is 9.18. The number of fused-ring (bicyclic) bond motifs is 2. The summed E-state index contributed by atoms with van der Waals surface area (Å²) in [5.41, 5.74) is 5.99. The summed E-state index contributed by atoms with van der Waals surface area (Å²) >= 11 is 0. The first-order valence-corrected chi connectivity index (χ1v) is 11.9. The molecule has 1 fully saturated rings. The Morgan fingerprint density at radius 3 is 2.57 bits per heavy atom. The molecule has 2 aliphatic rings. The van der Waals surface area contributed by atoms with Crippen LogP contribution in [0.15, 0.2) is 48.7 Å². The van der Waals surface area contributed by atoms with Crippen molar-refractivity contribution in [2.75, 3.05) is 6.54 Å². The smallest absolute Gasteiger partial charge is 0.294 e. The second-order valence-corrected chi connectivity index (χ2v) is 9.40. The molecular weight excluding hydrogens is 448 g/mol. The topological polar surface area (TPSA) is 54.6 Å². The van der Waals surface area contributed by atoms with Crippen LogP contribution in [0.25, 0.3) is 26.9 Å². The van der Waals surface area contributed by atoms with Gasteiger partial charge in [-0.2, -0.15) is 0 Å². The van der Waals surface area contributed by atoms with Crippen molar-refractivity contribution in [1.29, 1.82) is 0 Å². The zero-order valence-electron chi connectivity index (χ0n) is 19.3. The number of halogens is 2. The average Bonchev–Trinajstić information content (AvgIpc) is 3.20. The Hall–Kier alpha value is -3.66. The summed E-state index contributed by atoms with van der Waals surface area (Å²) in [4.78, 5) is 34.1. The number of carbonyl (C=O) groups excluding carboxylic acids is 2. The lowest BCUT2D eigenvalue weighted by molar-refractivity contribution is -0.132. The van der Waals surface area contributed by atoms with Crippen molar-refractivity contribution in [1.82, 2.24) is 9.88 Å². The van der Waals surface area contributed by atoms with Crippen LogP contribution in [-0.4, -0.2) is 40.2 Å². The Kier molecular flexibility index (Phi) is 6.06. The highest BCUT2D eigenvalue weighted by atomic mass is 19.3. The van der Waals surface area contributed by atoms with Crippen molar-refractivity contribution in [3.63, 3.8) is 0 Å².